The van der Waals surface area contributed by atoms with Crippen molar-refractivity contribution < 1.29 is 9.72 Å². The molecular weight excluding hydrogens is 286 g/mol. The molecule has 1 heterocycles. The van der Waals surface area contributed by atoms with Crippen LogP contribution in [0, 0.1) is 10.1 Å². The number of hydrogen-bond acceptors (Lipinski definition) is 5. The maximum Gasteiger partial charge on any atom is 0.271 e. The van der Waals surface area contributed by atoms with E-state index in [0.29, 0.717) is 12.2 Å². The van der Waals surface area contributed by atoms with Crippen LogP contribution in [0.5, 0.6) is 0 Å². The highest BCUT2D eigenvalue weighted by atomic mass is 16.6. The van der Waals surface area contributed by atoms with Gasteiger partial charge in [-0.25, -0.2) is 4.68 Å². The van der Waals surface area contributed by atoms with Gasteiger partial charge in [0.05, 0.1) is 10.6 Å². The molecule has 2 aromatic rings. The maximum absolute atomic E-state index is 11.9. The summed E-state index contributed by atoms with van der Waals surface area (Å²) in [5.41, 5.74) is 6.18. The molecule has 0 saturated heterocycles. The molecule has 1 amide bonds. The molecule has 8 heteroatoms. The number of aromatic nitrogens is 2. The summed E-state index contributed by atoms with van der Waals surface area (Å²) >= 11 is 0. The Morgan fingerprint density at radius 2 is 2.00 bits per heavy atom. The lowest BCUT2D eigenvalue weighted by atomic mass is 10.1. The second-order valence-electron chi connectivity index (χ2n) is 5.59. The van der Waals surface area contributed by atoms with E-state index in [-0.39, 0.29) is 17.3 Å². The number of hydrogen-bond donors (Lipinski definition) is 2. The number of nitro benzene ring substituents is 1. The lowest BCUT2D eigenvalue weighted by Gasteiger charge is -2.18. The summed E-state index contributed by atoms with van der Waals surface area (Å²) in [7, 11) is 0. The van der Waals surface area contributed by atoms with Gasteiger partial charge in [0, 0.05) is 30.4 Å². The zero-order valence-corrected chi connectivity index (χ0v) is 12.3. The minimum absolute atomic E-state index is 0.000880. The van der Waals surface area contributed by atoms with Crippen LogP contribution < -0.4 is 11.1 Å². The first-order chi connectivity index (χ1) is 10.3. The Labute approximate surface area is 127 Å². The van der Waals surface area contributed by atoms with E-state index in [9.17, 15) is 14.9 Å². The number of nitrogens with one attached hydrogen (secondary N) is 1. The second-order valence-corrected chi connectivity index (χ2v) is 5.59. The van der Waals surface area contributed by atoms with Crippen LogP contribution in [-0.2, 0) is 0 Å². The van der Waals surface area contributed by atoms with Gasteiger partial charge in [0.2, 0.25) is 0 Å². The molecule has 8 nitrogen and oxygen atoms in total. The SMILES string of the molecule is CC(C)(N)CNC(=O)c1ccn(-c2ccc([N+](=O)[O-])cc2)n1. The monoisotopic (exact) mass is 303 g/mol. The average molecular weight is 303 g/mol. The summed E-state index contributed by atoms with van der Waals surface area (Å²) in [6, 6.07) is 7.47. The fourth-order valence-electron chi connectivity index (χ4n) is 1.71. The van der Waals surface area contributed by atoms with Gasteiger partial charge < -0.3 is 11.1 Å². The molecule has 22 heavy (non-hydrogen) atoms. The lowest BCUT2D eigenvalue weighted by Crippen LogP contribution is -2.45. The van der Waals surface area contributed by atoms with Gasteiger partial charge in [0.1, 0.15) is 0 Å². The van der Waals surface area contributed by atoms with Crippen LogP contribution in [-0.4, -0.2) is 32.7 Å². The van der Waals surface area contributed by atoms with E-state index in [1.165, 1.54) is 16.8 Å². The van der Waals surface area contributed by atoms with E-state index in [4.69, 9.17) is 5.73 Å². The van der Waals surface area contributed by atoms with Gasteiger partial charge in [-0.05, 0) is 32.0 Å². The molecule has 0 bridgehead atoms. The first-order valence-corrected chi connectivity index (χ1v) is 6.64. The summed E-state index contributed by atoms with van der Waals surface area (Å²) in [4.78, 5) is 22.1. The molecule has 116 valence electrons. The van der Waals surface area contributed by atoms with E-state index < -0.39 is 10.5 Å². The molecule has 0 fully saturated rings. The van der Waals surface area contributed by atoms with E-state index in [2.05, 4.69) is 10.4 Å². The van der Waals surface area contributed by atoms with Crippen LogP contribution in [0.2, 0.25) is 0 Å². The van der Waals surface area contributed by atoms with Crippen molar-refractivity contribution in [2.45, 2.75) is 19.4 Å². The number of benzene rings is 1. The molecule has 0 unspecified atom stereocenters. The van der Waals surface area contributed by atoms with Crippen LogP contribution in [0.1, 0.15) is 24.3 Å². The van der Waals surface area contributed by atoms with Gasteiger partial charge in [-0.1, -0.05) is 0 Å². The van der Waals surface area contributed by atoms with Crippen molar-refractivity contribution >= 4 is 11.6 Å². The van der Waals surface area contributed by atoms with Crippen molar-refractivity contribution in [3.63, 3.8) is 0 Å². The topological polar surface area (TPSA) is 116 Å². The third-order valence-electron chi connectivity index (χ3n) is 2.85. The molecule has 0 atom stereocenters. The lowest BCUT2D eigenvalue weighted by molar-refractivity contribution is -0.384. The Hall–Kier alpha value is -2.74. The van der Waals surface area contributed by atoms with E-state index >= 15 is 0 Å². The molecule has 3 N–H and O–H groups in total. The van der Waals surface area contributed by atoms with Crippen LogP contribution in [0.4, 0.5) is 5.69 Å². The van der Waals surface area contributed by atoms with Crippen molar-refractivity contribution in [3.05, 3.63) is 52.3 Å². The number of carbonyl (C=O) groups is 1. The minimum atomic E-state index is -0.503. The normalized spacial score (nSPS) is 11.2. The molecule has 0 aliphatic rings. The van der Waals surface area contributed by atoms with Crippen LogP contribution >= 0.6 is 0 Å². The summed E-state index contributed by atoms with van der Waals surface area (Å²) < 4.78 is 1.48. The van der Waals surface area contributed by atoms with E-state index in [1.54, 1.807) is 24.4 Å². The highest BCUT2D eigenvalue weighted by Crippen LogP contribution is 2.14. The fraction of sp³-hybridized carbons (Fsp3) is 0.286. The van der Waals surface area contributed by atoms with Crippen molar-refractivity contribution in [2.75, 3.05) is 6.54 Å². The highest BCUT2D eigenvalue weighted by Gasteiger charge is 2.15. The van der Waals surface area contributed by atoms with Gasteiger partial charge >= 0.3 is 0 Å². The highest BCUT2D eigenvalue weighted by molar-refractivity contribution is 5.92. The van der Waals surface area contributed by atoms with Gasteiger partial charge in [-0.3, -0.25) is 14.9 Å². The van der Waals surface area contributed by atoms with Crippen LogP contribution in [0.25, 0.3) is 5.69 Å². The molecule has 1 aromatic carbocycles. The standard InChI is InChI=1S/C14H17N5O3/c1-14(2,15)9-16-13(20)12-7-8-18(17-12)10-3-5-11(6-4-10)19(21)22/h3-8H,9,15H2,1-2H3,(H,16,20). The molecule has 0 aliphatic carbocycles. The number of amides is 1. The molecule has 1 aromatic heterocycles. The molecular formula is C14H17N5O3. The Bertz CT molecular complexity index is 685. The second kappa shape index (κ2) is 5.94. The third-order valence-corrected chi connectivity index (χ3v) is 2.85. The summed E-state index contributed by atoms with van der Waals surface area (Å²) in [6.45, 7) is 3.95. The smallest absolute Gasteiger partial charge is 0.271 e. The quantitative estimate of drug-likeness (QED) is 0.637. The predicted molar refractivity (Wildman–Crippen MR) is 80.8 cm³/mol. The molecule has 2 rings (SSSR count). The van der Waals surface area contributed by atoms with Crippen LogP contribution in [0.3, 0.4) is 0 Å². The van der Waals surface area contributed by atoms with E-state index in [1.807, 2.05) is 13.8 Å². The van der Waals surface area contributed by atoms with Gasteiger partial charge in [0.15, 0.2) is 5.69 Å². The van der Waals surface area contributed by atoms with E-state index in [0.717, 1.165) is 0 Å². The molecule has 0 radical (unpaired) electrons. The largest absolute Gasteiger partial charge is 0.349 e. The number of carbonyl (C=O) groups excluding carboxylic acids is 1. The number of non-ortho nitro benzene ring substituents is 1. The Kier molecular flexibility index (Phi) is 4.22. The number of nitrogens with two attached hydrogens (primary N) is 1. The molecule has 0 spiro atoms. The zero-order valence-electron chi connectivity index (χ0n) is 12.3. The maximum atomic E-state index is 11.9. The molecule has 0 saturated carbocycles. The fourth-order valence-corrected chi connectivity index (χ4v) is 1.71. The van der Waals surface area contributed by atoms with Gasteiger partial charge in [-0.15, -0.1) is 0 Å². The molecule has 0 aliphatic heterocycles. The number of nitro groups is 1. The predicted octanol–water partition coefficient (Wildman–Crippen LogP) is 1.25. The van der Waals surface area contributed by atoms with Crippen LogP contribution in [0.15, 0.2) is 36.5 Å². The van der Waals surface area contributed by atoms with Crippen molar-refractivity contribution in [2.24, 2.45) is 5.73 Å². The first-order valence-electron chi connectivity index (χ1n) is 6.64. The van der Waals surface area contributed by atoms with Crippen molar-refractivity contribution in [1.29, 1.82) is 0 Å². The zero-order chi connectivity index (χ0) is 16.3. The summed E-state index contributed by atoms with van der Waals surface area (Å²) in [6.07, 6.45) is 1.61. The van der Waals surface area contributed by atoms with Gasteiger partial charge in [0.25, 0.3) is 11.6 Å². The summed E-state index contributed by atoms with van der Waals surface area (Å²) in [5.74, 6) is -0.320. The number of rotatable bonds is 5. The third kappa shape index (κ3) is 3.89. The van der Waals surface area contributed by atoms with Gasteiger partial charge in [-0.2, -0.15) is 5.10 Å². The van der Waals surface area contributed by atoms with Crippen molar-refractivity contribution in [1.82, 2.24) is 15.1 Å². The average Bonchev–Trinajstić information content (AvgIpc) is 2.94. The Morgan fingerprint density at radius 1 is 1.36 bits per heavy atom. The first kappa shape index (κ1) is 15.6. The Balaban J connectivity index is 2.10. The van der Waals surface area contributed by atoms with Crippen molar-refractivity contribution in [3.8, 4) is 5.69 Å². The Morgan fingerprint density at radius 3 is 2.55 bits per heavy atom. The minimum Gasteiger partial charge on any atom is -0.349 e. The number of nitrogens with zero attached hydrogens (tertiary/aromatic N) is 3. The summed E-state index contributed by atoms with van der Waals surface area (Å²) in [5, 5.41) is 17.5.